The van der Waals surface area contributed by atoms with E-state index in [1.54, 1.807) is 18.2 Å². The van der Waals surface area contributed by atoms with Crippen molar-refractivity contribution in [3.8, 4) is 0 Å². The van der Waals surface area contributed by atoms with Crippen molar-refractivity contribution in [3.05, 3.63) is 47.5 Å². The number of carbonyl (C=O) groups excluding carboxylic acids is 3. The average Bonchev–Trinajstić information content (AvgIpc) is 3.35. The molecule has 3 unspecified atom stereocenters. The van der Waals surface area contributed by atoms with Gasteiger partial charge in [0.15, 0.2) is 14.1 Å². The third-order valence-electron chi connectivity index (χ3n) is 7.49. The predicted octanol–water partition coefficient (Wildman–Crippen LogP) is 5.96. The van der Waals surface area contributed by atoms with E-state index in [1.165, 1.54) is 0 Å². The van der Waals surface area contributed by atoms with E-state index >= 15 is 0 Å². The van der Waals surface area contributed by atoms with Gasteiger partial charge in [0, 0.05) is 18.1 Å². The van der Waals surface area contributed by atoms with E-state index in [4.69, 9.17) is 13.9 Å². The van der Waals surface area contributed by atoms with E-state index < -0.39 is 26.3 Å². The number of allylic oxidation sites excluding steroid dienone is 3. The Morgan fingerprint density at radius 1 is 1.23 bits per heavy atom. The van der Waals surface area contributed by atoms with E-state index in [0.29, 0.717) is 37.4 Å². The van der Waals surface area contributed by atoms with Crippen LogP contribution in [-0.4, -0.2) is 38.6 Å². The molecular weight excluding hydrogens is 460 g/mol. The zero-order chi connectivity index (χ0) is 25.8. The molecule has 1 saturated carbocycles. The molecule has 2 aliphatic carbocycles. The second kappa shape index (κ2) is 11.2. The molecule has 0 radical (unpaired) electrons. The highest BCUT2D eigenvalue weighted by Crippen LogP contribution is 2.38. The molecular formula is C28H40O6Si. The standard InChI is InChI=1S/C28H40O6Si/c1-7-8-9-25(34-35(5,6)28(2,3)4)23(29)13-11-19-10-12-22(24(30)16-19)27(31)33-21-17-20-14-15-32-26(20)18-21/h11,13-14,17-19,22,25H,7-10,12,15-16H2,1-6H3. The Bertz CT molecular complexity index is 962. The summed E-state index contributed by atoms with van der Waals surface area (Å²) in [6, 6.07) is 0. The van der Waals surface area contributed by atoms with Crippen LogP contribution in [0.3, 0.4) is 0 Å². The highest BCUT2D eigenvalue weighted by Gasteiger charge is 2.40. The summed E-state index contributed by atoms with van der Waals surface area (Å²) in [6.07, 6.45) is 12.3. The van der Waals surface area contributed by atoms with Gasteiger partial charge in [-0.15, -0.1) is 0 Å². The molecule has 0 spiro atoms. The van der Waals surface area contributed by atoms with Gasteiger partial charge in [0.1, 0.15) is 35.9 Å². The number of ether oxygens (including phenoxy) is 2. The summed E-state index contributed by atoms with van der Waals surface area (Å²) in [5, 5.41) is 0.0224. The first-order chi connectivity index (χ1) is 16.4. The van der Waals surface area contributed by atoms with E-state index in [0.717, 1.165) is 18.4 Å². The van der Waals surface area contributed by atoms with Gasteiger partial charge in [-0.1, -0.05) is 46.6 Å². The van der Waals surface area contributed by atoms with Crippen LogP contribution in [0.2, 0.25) is 18.1 Å². The van der Waals surface area contributed by atoms with Gasteiger partial charge in [0.2, 0.25) is 0 Å². The smallest absolute Gasteiger partial charge is 0.321 e. The lowest BCUT2D eigenvalue weighted by atomic mass is 9.80. The molecule has 0 aromatic rings. The maximum atomic E-state index is 13.1. The van der Waals surface area contributed by atoms with Crippen molar-refractivity contribution in [2.75, 3.05) is 6.61 Å². The predicted molar refractivity (Wildman–Crippen MR) is 138 cm³/mol. The Kier molecular flexibility index (Phi) is 8.75. The Balaban J connectivity index is 1.55. The summed E-state index contributed by atoms with van der Waals surface area (Å²) in [4.78, 5) is 38.4. The molecule has 0 saturated heterocycles. The van der Waals surface area contributed by atoms with Gasteiger partial charge in [-0.3, -0.25) is 14.4 Å². The van der Waals surface area contributed by atoms with Gasteiger partial charge in [-0.2, -0.15) is 0 Å². The molecule has 0 bridgehead atoms. The van der Waals surface area contributed by atoms with Gasteiger partial charge in [0.05, 0.1) is 0 Å². The molecule has 3 atom stereocenters. The summed E-state index contributed by atoms with van der Waals surface area (Å²) in [7, 11) is -2.09. The third kappa shape index (κ3) is 6.91. The second-order valence-electron chi connectivity index (χ2n) is 11.3. The molecule has 1 heterocycles. The molecule has 0 amide bonds. The number of carbonyl (C=O) groups is 3. The Labute approximate surface area is 210 Å². The van der Waals surface area contributed by atoms with Gasteiger partial charge < -0.3 is 13.9 Å². The minimum absolute atomic E-state index is 0.0224. The zero-order valence-corrected chi connectivity index (χ0v) is 23.0. The number of Topliss-reactive ketones (excluding diaryl/α,β-unsaturated/α-hetero) is 1. The van der Waals surface area contributed by atoms with Gasteiger partial charge >= 0.3 is 5.97 Å². The minimum atomic E-state index is -2.09. The molecule has 6 nitrogen and oxygen atoms in total. The fourth-order valence-corrected chi connectivity index (χ4v) is 5.51. The van der Waals surface area contributed by atoms with Crippen LogP contribution in [0.25, 0.3) is 0 Å². The molecule has 192 valence electrons. The van der Waals surface area contributed by atoms with Gasteiger partial charge in [-0.25, -0.2) is 0 Å². The summed E-state index contributed by atoms with van der Waals surface area (Å²) in [6.45, 7) is 13.5. The van der Waals surface area contributed by atoms with E-state index in [1.807, 2.05) is 12.2 Å². The fraction of sp³-hybridized carbons (Fsp3) is 0.607. The van der Waals surface area contributed by atoms with Crippen molar-refractivity contribution >= 4 is 25.9 Å². The molecule has 1 fully saturated rings. The number of unbranched alkanes of at least 4 members (excludes halogenated alkanes) is 1. The van der Waals surface area contributed by atoms with Gasteiger partial charge in [-0.05, 0) is 61.5 Å². The van der Waals surface area contributed by atoms with Crippen molar-refractivity contribution in [3.63, 3.8) is 0 Å². The summed E-state index contributed by atoms with van der Waals surface area (Å²) < 4.78 is 17.3. The quantitative estimate of drug-likeness (QED) is 0.159. The van der Waals surface area contributed by atoms with Crippen molar-refractivity contribution in [2.24, 2.45) is 11.8 Å². The minimum Gasteiger partial charge on any atom is -0.489 e. The molecule has 0 N–H and O–H groups in total. The Hall–Kier alpha value is -2.25. The van der Waals surface area contributed by atoms with Crippen molar-refractivity contribution in [1.29, 1.82) is 0 Å². The number of esters is 1. The molecule has 35 heavy (non-hydrogen) atoms. The van der Waals surface area contributed by atoms with Crippen LogP contribution >= 0.6 is 0 Å². The van der Waals surface area contributed by atoms with Crippen LogP contribution in [0.1, 0.15) is 66.2 Å². The second-order valence-corrected chi connectivity index (χ2v) is 16.0. The number of fused-ring (bicyclic) bond motifs is 1. The number of ketones is 2. The lowest BCUT2D eigenvalue weighted by Crippen LogP contribution is -2.45. The lowest BCUT2D eigenvalue weighted by Gasteiger charge is -2.38. The van der Waals surface area contributed by atoms with Crippen LogP contribution in [0.4, 0.5) is 0 Å². The van der Waals surface area contributed by atoms with Crippen LogP contribution in [0.5, 0.6) is 0 Å². The topological polar surface area (TPSA) is 78.9 Å². The Morgan fingerprint density at radius 2 is 1.97 bits per heavy atom. The maximum absolute atomic E-state index is 13.1. The largest absolute Gasteiger partial charge is 0.489 e. The van der Waals surface area contributed by atoms with Crippen molar-refractivity contribution in [2.45, 2.75) is 90.5 Å². The molecule has 0 aromatic heterocycles. The van der Waals surface area contributed by atoms with Crippen LogP contribution in [0, 0.1) is 11.8 Å². The van der Waals surface area contributed by atoms with Crippen molar-refractivity contribution < 1.29 is 28.3 Å². The molecule has 3 aliphatic rings. The normalized spacial score (nSPS) is 23.4. The van der Waals surface area contributed by atoms with Crippen LogP contribution < -0.4 is 0 Å². The fourth-order valence-electron chi connectivity index (χ4n) is 4.21. The SMILES string of the molecule is CCCCC(O[Si](C)(C)C(C)(C)C)C(=O)C=CC1CCC(C(=O)OC2=CC3=CCOC3=C2)C(=O)C1. The number of hydrogen-bond acceptors (Lipinski definition) is 6. The number of rotatable bonds is 10. The first-order valence-corrected chi connectivity index (χ1v) is 15.7. The summed E-state index contributed by atoms with van der Waals surface area (Å²) >= 11 is 0. The first-order valence-electron chi connectivity index (χ1n) is 12.8. The highest BCUT2D eigenvalue weighted by atomic mass is 28.4. The van der Waals surface area contributed by atoms with Crippen LogP contribution in [0.15, 0.2) is 47.5 Å². The molecule has 1 aliphatic heterocycles. The van der Waals surface area contributed by atoms with E-state index in [2.05, 4.69) is 40.8 Å². The van der Waals surface area contributed by atoms with Gasteiger partial charge in [0.25, 0.3) is 0 Å². The summed E-state index contributed by atoms with van der Waals surface area (Å²) in [5.41, 5.74) is 0.910. The highest BCUT2D eigenvalue weighted by molar-refractivity contribution is 6.74. The molecule has 3 rings (SSSR count). The zero-order valence-electron chi connectivity index (χ0n) is 22.0. The average molecular weight is 501 g/mol. The third-order valence-corrected chi connectivity index (χ3v) is 12.0. The lowest BCUT2D eigenvalue weighted by molar-refractivity contribution is -0.149. The van der Waals surface area contributed by atoms with E-state index in [-0.39, 0.29) is 28.9 Å². The van der Waals surface area contributed by atoms with Crippen LogP contribution in [-0.2, 0) is 28.3 Å². The molecule has 7 heteroatoms. The summed E-state index contributed by atoms with van der Waals surface area (Å²) in [5.74, 6) is -0.376. The Morgan fingerprint density at radius 3 is 2.60 bits per heavy atom. The van der Waals surface area contributed by atoms with E-state index in [9.17, 15) is 14.4 Å². The molecule has 0 aromatic carbocycles. The monoisotopic (exact) mass is 500 g/mol. The number of hydrogen-bond donors (Lipinski definition) is 0. The first kappa shape index (κ1) is 27.3. The van der Waals surface area contributed by atoms with Crippen molar-refractivity contribution in [1.82, 2.24) is 0 Å². The maximum Gasteiger partial charge on any atom is 0.321 e.